The van der Waals surface area contributed by atoms with Crippen molar-refractivity contribution in [1.29, 1.82) is 0 Å². The fraction of sp³-hybridized carbons (Fsp3) is 0.200. The Bertz CT molecular complexity index is 199. The number of rotatable bonds is 1. The maximum atomic E-state index is 12.3. The van der Waals surface area contributed by atoms with E-state index >= 15 is 0 Å². The molecule has 1 aromatic heterocycles. The van der Waals surface area contributed by atoms with Crippen LogP contribution in [0.15, 0.2) is 11.4 Å². The zero-order valence-corrected chi connectivity index (χ0v) is 6.51. The van der Waals surface area contributed by atoms with E-state index in [9.17, 15) is 4.39 Å². The maximum absolute atomic E-state index is 12.3. The zero-order valence-electron chi connectivity index (χ0n) is 4.54. The topological polar surface area (TPSA) is 20.2 Å². The fourth-order valence-corrected chi connectivity index (χ4v) is 1.46. The maximum Gasteiger partial charge on any atom is 0.147 e. The van der Waals surface area contributed by atoms with Gasteiger partial charge < -0.3 is 5.11 Å². The molecule has 0 aromatic carbocycles. The Hall–Kier alpha value is -0.140. The molecule has 0 saturated heterocycles. The van der Waals surface area contributed by atoms with Gasteiger partial charge in [-0.15, -0.1) is 11.3 Å². The zero-order chi connectivity index (χ0) is 6.85. The normalized spacial score (nSPS) is 13.6. The first-order chi connectivity index (χ1) is 4.20. The van der Waals surface area contributed by atoms with E-state index in [4.69, 9.17) is 5.11 Å². The highest BCUT2D eigenvalue weighted by atomic mass is 32.1. The van der Waals surface area contributed by atoms with Crippen molar-refractivity contribution in [2.75, 3.05) is 0 Å². The van der Waals surface area contributed by atoms with Gasteiger partial charge in [-0.2, -0.15) is 0 Å². The highest BCUT2D eigenvalue weighted by Gasteiger charge is 2.04. The number of alkyl halides is 1. The molecule has 0 amide bonds. The van der Waals surface area contributed by atoms with E-state index < -0.39 is 5.91 Å². The monoisotopic (exact) mass is 164 g/mol. The van der Waals surface area contributed by atoms with Crippen molar-refractivity contribution in [1.82, 2.24) is 0 Å². The van der Waals surface area contributed by atoms with Gasteiger partial charge in [0.05, 0.1) is 0 Å². The fourth-order valence-electron chi connectivity index (χ4n) is 0.487. The number of aromatic hydroxyl groups is 1. The van der Waals surface area contributed by atoms with Gasteiger partial charge in [-0.3, -0.25) is 0 Å². The average molecular weight is 164 g/mol. The van der Waals surface area contributed by atoms with E-state index in [-0.39, 0.29) is 5.75 Å². The first kappa shape index (κ1) is 6.97. The summed E-state index contributed by atoms with van der Waals surface area (Å²) in [5.74, 6) is -0.906. The molecule has 0 aliphatic carbocycles. The highest BCUT2D eigenvalue weighted by molar-refractivity contribution is 7.19. The minimum Gasteiger partial charge on any atom is -0.507 e. The lowest BCUT2D eigenvalue weighted by Crippen LogP contribution is -1.69. The Balaban J connectivity index is 2.85. The van der Waals surface area contributed by atoms with Gasteiger partial charge in [0.25, 0.3) is 0 Å². The van der Waals surface area contributed by atoms with Crippen molar-refractivity contribution in [3.63, 3.8) is 0 Å². The van der Waals surface area contributed by atoms with Crippen LogP contribution in [-0.2, 0) is 0 Å². The minimum atomic E-state index is -1.05. The summed E-state index contributed by atoms with van der Waals surface area (Å²) in [7, 11) is 2.02. The van der Waals surface area contributed by atoms with Gasteiger partial charge in [-0.05, 0) is 6.07 Å². The van der Waals surface area contributed by atoms with Crippen LogP contribution in [0.2, 0.25) is 0 Å². The molecule has 1 heterocycles. The number of hydrogen-bond donors (Lipinski definition) is 1. The predicted octanol–water partition coefficient (Wildman–Crippen LogP) is 2.30. The minimum absolute atomic E-state index is 0.139. The Morgan fingerprint density at radius 1 is 1.78 bits per heavy atom. The van der Waals surface area contributed by atoms with Gasteiger partial charge in [0, 0.05) is 10.3 Å². The standard InChI is InChI=1S/C5H6FOPS/c6-5(8)4-1-3(7)2-9-4/h1-2,5,7H,8H2. The quantitative estimate of drug-likeness (QED) is 0.631. The van der Waals surface area contributed by atoms with Crippen LogP contribution in [0.25, 0.3) is 0 Å². The summed E-state index contributed by atoms with van der Waals surface area (Å²) in [6.07, 6.45) is 0. The second-order valence-corrected chi connectivity index (χ2v) is 3.14. The predicted molar refractivity (Wildman–Crippen MR) is 39.5 cm³/mol. The summed E-state index contributed by atoms with van der Waals surface area (Å²) in [5.41, 5.74) is 0. The molecule has 0 aliphatic heterocycles. The van der Waals surface area contributed by atoms with Crippen LogP contribution in [0.1, 0.15) is 10.8 Å². The number of thiophene rings is 1. The lowest BCUT2D eigenvalue weighted by molar-refractivity contribution is 0.464. The van der Waals surface area contributed by atoms with E-state index in [0.29, 0.717) is 4.88 Å². The molecule has 2 unspecified atom stereocenters. The molecule has 0 saturated carbocycles. The Kier molecular flexibility index (Phi) is 2.04. The van der Waals surface area contributed by atoms with Crippen molar-refractivity contribution < 1.29 is 9.50 Å². The third-order valence-electron chi connectivity index (χ3n) is 0.878. The molecular weight excluding hydrogens is 158 g/mol. The lowest BCUT2D eigenvalue weighted by atomic mass is 10.5. The molecule has 0 spiro atoms. The summed E-state index contributed by atoms with van der Waals surface area (Å²) < 4.78 is 12.3. The highest BCUT2D eigenvalue weighted by Crippen LogP contribution is 2.32. The molecule has 1 nitrogen and oxygen atoms in total. The van der Waals surface area contributed by atoms with E-state index in [1.165, 1.54) is 22.8 Å². The van der Waals surface area contributed by atoms with Crippen molar-refractivity contribution in [2.45, 2.75) is 5.91 Å². The van der Waals surface area contributed by atoms with Crippen molar-refractivity contribution in [2.24, 2.45) is 0 Å². The van der Waals surface area contributed by atoms with E-state index in [1.807, 2.05) is 9.24 Å². The van der Waals surface area contributed by atoms with Gasteiger partial charge in [0.1, 0.15) is 11.7 Å². The van der Waals surface area contributed by atoms with E-state index in [0.717, 1.165) is 0 Å². The molecule has 50 valence electrons. The Morgan fingerprint density at radius 3 is 2.67 bits per heavy atom. The third kappa shape index (κ3) is 1.63. The van der Waals surface area contributed by atoms with Crippen LogP contribution in [0.5, 0.6) is 5.75 Å². The van der Waals surface area contributed by atoms with Crippen LogP contribution in [0.3, 0.4) is 0 Å². The van der Waals surface area contributed by atoms with Crippen molar-refractivity contribution in [3.8, 4) is 5.75 Å². The molecule has 1 aromatic rings. The lowest BCUT2D eigenvalue weighted by Gasteiger charge is -1.91. The van der Waals surface area contributed by atoms with E-state index in [2.05, 4.69) is 0 Å². The Morgan fingerprint density at radius 2 is 2.44 bits per heavy atom. The van der Waals surface area contributed by atoms with Gasteiger partial charge in [0.15, 0.2) is 0 Å². The first-order valence-electron chi connectivity index (χ1n) is 2.37. The molecule has 0 fully saturated rings. The molecular formula is C5H6FOPS. The first-order valence-corrected chi connectivity index (χ1v) is 3.92. The largest absolute Gasteiger partial charge is 0.507 e. The summed E-state index contributed by atoms with van der Waals surface area (Å²) in [5, 5.41) is 10.2. The average Bonchev–Trinajstić information content (AvgIpc) is 2.14. The van der Waals surface area contributed by atoms with Crippen molar-refractivity contribution >= 4 is 20.6 Å². The number of halogens is 1. The summed E-state index contributed by atoms with van der Waals surface area (Å²) in [6.45, 7) is 0. The van der Waals surface area contributed by atoms with Gasteiger partial charge in [0.2, 0.25) is 0 Å². The van der Waals surface area contributed by atoms with Gasteiger partial charge in [-0.25, -0.2) is 4.39 Å². The van der Waals surface area contributed by atoms with Crippen LogP contribution in [0.4, 0.5) is 4.39 Å². The molecule has 1 rings (SSSR count). The smallest absolute Gasteiger partial charge is 0.147 e. The van der Waals surface area contributed by atoms with Crippen molar-refractivity contribution in [3.05, 3.63) is 16.3 Å². The molecule has 0 aliphatic rings. The Labute approximate surface area is 58.7 Å². The molecule has 0 radical (unpaired) electrons. The SMILES string of the molecule is Oc1csc(C(F)P)c1. The molecule has 0 bridgehead atoms. The molecule has 9 heavy (non-hydrogen) atoms. The second-order valence-electron chi connectivity index (χ2n) is 1.61. The second kappa shape index (κ2) is 2.63. The van der Waals surface area contributed by atoms with E-state index in [1.54, 1.807) is 0 Å². The van der Waals surface area contributed by atoms with Crippen LogP contribution in [-0.4, -0.2) is 5.11 Å². The van der Waals surface area contributed by atoms with Gasteiger partial charge in [-0.1, -0.05) is 9.24 Å². The van der Waals surface area contributed by atoms with Crippen LogP contribution in [0, 0.1) is 0 Å². The molecule has 4 heteroatoms. The summed E-state index contributed by atoms with van der Waals surface area (Å²) >= 11 is 1.21. The number of hydrogen-bond acceptors (Lipinski definition) is 2. The summed E-state index contributed by atoms with van der Waals surface area (Å²) in [4.78, 5) is 0.539. The van der Waals surface area contributed by atoms with Gasteiger partial charge >= 0.3 is 0 Å². The van der Waals surface area contributed by atoms with Crippen LogP contribution >= 0.6 is 20.6 Å². The van der Waals surface area contributed by atoms with Crippen LogP contribution < -0.4 is 0 Å². The third-order valence-corrected chi connectivity index (χ3v) is 2.45. The summed E-state index contributed by atoms with van der Waals surface area (Å²) in [6, 6.07) is 1.42. The molecule has 1 N–H and O–H groups in total. The molecule has 2 atom stereocenters.